The summed E-state index contributed by atoms with van der Waals surface area (Å²) in [6.07, 6.45) is 34.4. The van der Waals surface area contributed by atoms with E-state index in [1.54, 1.807) is 19.3 Å². The summed E-state index contributed by atoms with van der Waals surface area (Å²) in [4.78, 5) is 0. The molecule has 0 aromatic heterocycles. The Labute approximate surface area is 160 Å². The molecule has 0 N–H and O–H groups in total. The molecule has 0 heterocycles. The predicted octanol–water partition coefficient (Wildman–Crippen LogP) is 9.61. The SMILES string of the molecule is CCCCCCCCCCCCCCCCCCC1CCCCCC1. The molecule has 0 amide bonds. The minimum atomic E-state index is 1.09. The van der Waals surface area contributed by atoms with E-state index in [0.29, 0.717) is 0 Å². The molecule has 0 saturated heterocycles. The van der Waals surface area contributed by atoms with Crippen molar-refractivity contribution in [3.63, 3.8) is 0 Å². The number of hydrogen-bond donors (Lipinski definition) is 0. The van der Waals surface area contributed by atoms with E-state index in [9.17, 15) is 0 Å². The molecule has 0 radical (unpaired) electrons. The van der Waals surface area contributed by atoms with Crippen molar-refractivity contribution >= 4 is 0 Å². The van der Waals surface area contributed by atoms with Crippen LogP contribution in [0, 0.1) is 5.92 Å². The average molecular weight is 351 g/mol. The quantitative estimate of drug-likeness (QED) is 0.181. The highest BCUT2D eigenvalue weighted by Gasteiger charge is 2.11. The normalized spacial score (nSPS) is 16.2. The summed E-state index contributed by atoms with van der Waals surface area (Å²) < 4.78 is 0. The van der Waals surface area contributed by atoms with Gasteiger partial charge in [-0.1, -0.05) is 155 Å². The Hall–Kier alpha value is 0. The van der Waals surface area contributed by atoms with Crippen molar-refractivity contribution in [1.82, 2.24) is 0 Å². The first-order valence-corrected chi connectivity index (χ1v) is 12.4. The zero-order valence-corrected chi connectivity index (χ0v) is 17.8. The molecule has 0 spiro atoms. The molecule has 1 fully saturated rings. The van der Waals surface area contributed by atoms with Gasteiger partial charge in [0.1, 0.15) is 0 Å². The average Bonchev–Trinajstić information content (AvgIpc) is 2.90. The fourth-order valence-electron chi connectivity index (χ4n) is 4.63. The van der Waals surface area contributed by atoms with Crippen LogP contribution in [-0.4, -0.2) is 0 Å². The second-order valence-electron chi connectivity index (χ2n) is 8.95. The van der Waals surface area contributed by atoms with Gasteiger partial charge in [0.15, 0.2) is 0 Å². The Bertz CT molecular complexity index is 236. The van der Waals surface area contributed by atoms with E-state index in [-0.39, 0.29) is 0 Å². The molecule has 150 valence electrons. The topological polar surface area (TPSA) is 0 Å². The standard InChI is InChI=1S/C25H50/c1-2-3-4-5-6-7-8-9-10-11-12-13-14-15-16-19-22-25-23-20-17-18-21-24-25/h25H,2-24H2,1H3. The van der Waals surface area contributed by atoms with Gasteiger partial charge in [0.05, 0.1) is 0 Å². The fourth-order valence-corrected chi connectivity index (χ4v) is 4.63. The van der Waals surface area contributed by atoms with Gasteiger partial charge in [0, 0.05) is 0 Å². The molecule has 1 saturated carbocycles. The Balaban J connectivity index is 1.69. The van der Waals surface area contributed by atoms with E-state index >= 15 is 0 Å². The van der Waals surface area contributed by atoms with Crippen molar-refractivity contribution in [3.05, 3.63) is 0 Å². The van der Waals surface area contributed by atoms with E-state index in [2.05, 4.69) is 6.92 Å². The van der Waals surface area contributed by atoms with Gasteiger partial charge in [0.25, 0.3) is 0 Å². The summed E-state index contributed by atoms with van der Waals surface area (Å²) in [5.41, 5.74) is 0. The lowest BCUT2D eigenvalue weighted by atomic mass is 9.93. The van der Waals surface area contributed by atoms with Crippen molar-refractivity contribution in [2.24, 2.45) is 5.92 Å². The monoisotopic (exact) mass is 350 g/mol. The van der Waals surface area contributed by atoms with Gasteiger partial charge in [-0.3, -0.25) is 0 Å². The van der Waals surface area contributed by atoms with Crippen molar-refractivity contribution in [2.75, 3.05) is 0 Å². The second kappa shape index (κ2) is 18.8. The van der Waals surface area contributed by atoms with E-state index in [1.807, 2.05) is 0 Å². The zero-order valence-electron chi connectivity index (χ0n) is 17.8. The molecule has 0 bridgehead atoms. The third-order valence-corrected chi connectivity index (χ3v) is 6.44. The molecule has 0 aliphatic heterocycles. The van der Waals surface area contributed by atoms with Gasteiger partial charge in [0.2, 0.25) is 0 Å². The van der Waals surface area contributed by atoms with Crippen LogP contribution < -0.4 is 0 Å². The maximum absolute atomic E-state index is 2.30. The minimum absolute atomic E-state index is 1.09. The Morgan fingerprint density at radius 2 is 0.800 bits per heavy atom. The highest BCUT2D eigenvalue weighted by atomic mass is 14.2. The van der Waals surface area contributed by atoms with Crippen LogP contribution in [0.25, 0.3) is 0 Å². The van der Waals surface area contributed by atoms with E-state index in [0.717, 1.165) is 5.92 Å². The van der Waals surface area contributed by atoms with Gasteiger partial charge >= 0.3 is 0 Å². The molecule has 0 nitrogen and oxygen atoms in total. The third-order valence-electron chi connectivity index (χ3n) is 6.44. The summed E-state index contributed by atoms with van der Waals surface area (Å²) >= 11 is 0. The van der Waals surface area contributed by atoms with Gasteiger partial charge in [-0.25, -0.2) is 0 Å². The van der Waals surface area contributed by atoms with Crippen LogP contribution in [0.3, 0.4) is 0 Å². The Kier molecular flexibility index (Phi) is 17.3. The molecular weight excluding hydrogens is 300 g/mol. The lowest BCUT2D eigenvalue weighted by Gasteiger charge is -2.13. The largest absolute Gasteiger partial charge is 0.0654 e. The van der Waals surface area contributed by atoms with Crippen LogP contribution in [0.2, 0.25) is 0 Å². The summed E-state index contributed by atoms with van der Waals surface area (Å²) in [5.74, 6) is 1.09. The number of unbranched alkanes of at least 4 members (excludes halogenated alkanes) is 15. The van der Waals surface area contributed by atoms with Crippen LogP contribution in [0.15, 0.2) is 0 Å². The van der Waals surface area contributed by atoms with E-state index < -0.39 is 0 Å². The third kappa shape index (κ3) is 15.9. The highest BCUT2D eigenvalue weighted by Crippen LogP contribution is 2.27. The molecule has 0 atom stereocenters. The highest BCUT2D eigenvalue weighted by molar-refractivity contribution is 4.64. The molecular formula is C25H50. The van der Waals surface area contributed by atoms with Crippen molar-refractivity contribution < 1.29 is 0 Å². The van der Waals surface area contributed by atoms with Crippen LogP contribution >= 0.6 is 0 Å². The van der Waals surface area contributed by atoms with Gasteiger partial charge in [-0.05, 0) is 5.92 Å². The molecule has 0 unspecified atom stereocenters. The second-order valence-corrected chi connectivity index (χ2v) is 8.95. The molecule has 1 aliphatic carbocycles. The van der Waals surface area contributed by atoms with Gasteiger partial charge in [-0.15, -0.1) is 0 Å². The van der Waals surface area contributed by atoms with Crippen LogP contribution in [0.5, 0.6) is 0 Å². The first-order chi connectivity index (χ1) is 12.4. The summed E-state index contributed by atoms with van der Waals surface area (Å²) in [6.45, 7) is 2.30. The first-order valence-electron chi connectivity index (χ1n) is 12.4. The van der Waals surface area contributed by atoms with Crippen molar-refractivity contribution in [3.8, 4) is 0 Å². The number of hydrogen-bond acceptors (Lipinski definition) is 0. The Morgan fingerprint density at radius 1 is 0.440 bits per heavy atom. The summed E-state index contributed by atoms with van der Waals surface area (Å²) in [5, 5.41) is 0. The number of rotatable bonds is 17. The van der Waals surface area contributed by atoms with Gasteiger partial charge in [-0.2, -0.15) is 0 Å². The molecule has 0 heteroatoms. The summed E-state index contributed by atoms with van der Waals surface area (Å²) in [6, 6.07) is 0. The predicted molar refractivity (Wildman–Crippen MR) is 115 cm³/mol. The summed E-state index contributed by atoms with van der Waals surface area (Å²) in [7, 11) is 0. The van der Waals surface area contributed by atoms with Crippen molar-refractivity contribution in [2.45, 2.75) is 155 Å². The zero-order chi connectivity index (χ0) is 17.8. The lowest BCUT2D eigenvalue weighted by Crippen LogP contribution is -1.98. The fraction of sp³-hybridized carbons (Fsp3) is 1.00. The molecule has 0 aromatic carbocycles. The molecule has 1 aliphatic rings. The van der Waals surface area contributed by atoms with Crippen LogP contribution in [-0.2, 0) is 0 Å². The molecule has 1 rings (SSSR count). The van der Waals surface area contributed by atoms with Crippen LogP contribution in [0.1, 0.15) is 155 Å². The van der Waals surface area contributed by atoms with E-state index in [4.69, 9.17) is 0 Å². The maximum Gasteiger partial charge on any atom is -0.0414 e. The molecule has 25 heavy (non-hydrogen) atoms. The lowest BCUT2D eigenvalue weighted by molar-refractivity contribution is 0.404. The van der Waals surface area contributed by atoms with Crippen molar-refractivity contribution in [1.29, 1.82) is 0 Å². The maximum atomic E-state index is 2.30. The van der Waals surface area contributed by atoms with E-state index in [1.165, 1.54) is 128 Å². The minimum Gasteiger partial charge on any atom is -0.0654 e. The first kappa shape index (κ1) is 23.0. The molecule has 0 aromatic rings. The Morgan fingerprint density at radius 3 is 1.20 bits per heavy atom. The van der Waals surface area contributed by atoms with Gasteiger partial charge < -0.3 is 0 Å². The smallest absolute Gasteiger partial charge is 0.0414 e. The van der Waals surface area contributed by atoms with Crippen LogP contribution in [0.4, 0.5) is 0 Å².